The topological polar surface area (TPSA) is 86.8 Å². The van der Waals surface area contributed by atoms with E-state index in [2.05, 4.69) is 5.32 Å². The van der Waals surface area contributed by atoms with Gasteiger partial charge in [0.2, 0.25) is 10.0 Å². The summed E-state index contributed by atoms with van der Waals surface area (Å²) < 4.78 is 26.3. The minimum atomic E-state index is -3.67. The maximum Gasteiger partial charge on any atom is 0.253 e. The van der Waals surface area contributed by atoms with Crippen LogP contribution in [0.2, 0.25) is 0 Å². The number of rotatable bonds is 6. The van der Waals surface area contributed by atoms with Gasteiger partial charge in [0.05, 0.1) is 4.90 Å². The Bertz CT molecular complexity index is 1040. The fourth-order valence-electron chi connectivity index (χ4n) is 2.78. The van der Waals surface area contributed by atoms with Crippen LogP contribution < -0.4 is 5.32 Å². The van der Waals surface area contributed by atoms with Crippen molar-refractivity contribution >= 4 is 21.8 Å². The van der Waals surface area contributed by atoms with Crippen LogP contribution in [0.5, 0.6) is 0 Å². The molecule has 0 fully saturated rings. The van der Waals surface area contributed by atoms with Crippen molar-refractivity contribution in [2.24, 2.45) is 0 Å². The molecular weight excluding hydrogens is 390 g/mol. The van der Waals surface area contributed by atoms with E-state index >= 15 is 0 Å². The zero-order chi connectivity index (χ0) is 21.9. The molecule has 7 nitrogen and oxygen atoms in total. The molecule has 0 spiro atoms. The molecule has 0 saturated carbocycles. The summed E-state index contributed by atoms with van der Waals surface area (Å²) in [6, 6.07) is 10.1. The van der Waals surface area contributed by atoms with Gasteiger partial charge in [0.1, 0.15) is 0 Å². The number of aryl methyl sites for hydroxylation is 1. The number of amides is 2. The maximum absolute atomic E-state index is 12.7. The highest BCUT2D eigenvalue weighted by molar-refractivity contribution is 7.89. The second-order valence-corrected chi connectivity index (χ2v) is 9.41. The summed E-state index contributed by atoms with van der Waals surface area (Å²) in [6.45, 7) is 3.72. The Labute approximate surface area is 172 Å². The van der Waals surface area contributed by atoms with Gasteiger partial charge in [0.15, 0.2) is 0 Å². The SMILES string of the molecule is Cc1cc(C(=O)NCc2cccc(C(=O)N(C)C)c2)cc(S(=O)(=O)N(C)C)c1C. The summed E-state index contributed by atoms with van der Waals surface area (Å²) in [5, 5.41) is 2.79. The lowest BCUT2D eigenvalue weighted by Gasteiger charge is -2.16. The molecule has 29 heavy (non-hydrogen) atoms. The minimum absolute atomic E-state index is 0.117. The van der Waals surface area contributed by atoms with Gasteiger partial charge >= 0.3 is 0 Å². The van der Waals surface area contributed by atoms with E-state index < -0.39 is 10.0 Å². The van der Waals surface area contributed by atoms with E-state index in [0.29, 0.717) is 11.1 Å². The first-order valence-electron chi connectivity index (χ1n) is 9.07. The Morgan fingerprint density at radius 3 is 2.21 bits per heavy atom. The Balaban J connectivity index is 2.26. The van der Waals surface area contributed by atoms with Crippen molar-refractivity contribution in [3.05, 3.63) is 64.2 Å². The first kappa shape index (κ1) is 22.6. The number of sulfonamides is 1. The van der Waals surface area contributed by atoms with Crippen molar-refractivity contribution in [1.29, 1.82) is 0 Å². The predicted octanol–water partition coefficient (Wildman–Crippen LogP) is 2.19. The van der Waals surface area contributed by atoms with Crippen LogP contribution in [0, 0.1) is 13.8 Å². The van der Waals surface area contributed by atoms with Crippen LogP contribution in [0.1, 0.15) is 37.4 Å². The molecule has 0 saturated heterocycles. The predicted molar refractivity (Wildman–Crippen MR) is 112 cm³/mol. The fourth-order valence-corrected chi connectivity index (χ4v) is 4.00. The molecule has 2 aromatic carbocycles. The molecular formula is C21H27N3O4S. The van der Waals surface area contributed by atoms with Crippen LogP contribution in [-0.2, 0) is 16.6 Å². The molecule has 1 N–H and O–H groups in total. The standard InChI is InChI=1S/C21H27N3O4S/c1-14-10-18(12-19(15(14)2)29(27,28)24(5)6)20(25)22-13-16-8-7-9-17(11-16)21(26)23(3)4/h7-12H,13H2,1-6H3,(H,22,25). The molecule has 0 atom stereocenters. The van der Waals surface area contributed by atoms with Crippen molar-refractivity contribution in [3.8, 4) is 0 Å². The summed E-state index contributed by atoms with van der Waals surface area (Å²) in [5.41, 5.74) is 2.92. The van der Waals surface area contributed by atoms with Gasteiger partial charge in [0.25, 0.3) is 11.8 Å². The van der Waals surface area contributed by atoms with Crippen molar-refractivity contribution in [3.63, 3.8) is 0 Å². The average molecular weight is 418 g/mol. The Hall–Kier alpha value is -2.71. The summed E-state index contributed by atoms with van der Waals surface area (Å²) in [5.74, 6) is -0.501. The normalized spacial score (nSPS) is 11.4. The summed E-state index contributed by atoms with van der Waals surface area (Å²) in [4.78, 5) is 26.4. The lowest BCUT2D eigenvalue weighted by Crippen LogP contribution is -2.26. The largest absolute Gasteiger partial charge is 0.348 e. The number of hydrogen-bond donors (Lipinski definition) is 1. The monoisotopic (exact) mass is 417 g/mol. The van der Waals surface area contributed by atoms with E-state index in [1.54, 1.807) is 52.2 Å². The van der Waals surface area contributed by atoms with Crippen LogP contribution >= 0.6 is 0 Å². The minimum Gasteiger partial charge on any atom is -0.348 e. The highest BCUT2D eigenvalue weighted by Crippen LogP contribution is 2.23. The van der Waals surface area contributed by atoms with Gasteiger partial charge in [0, 0.05) is 45.9 Å². The van der Waals surface area contributed by atoms with E-state index in [4.69, 9.17) is 0 Å². The zero-order valence-corrected chi connectivity index (χ0v) is 18.4. The summed E-state index contributed by atoms with van der Waals surface area (Å²) in [7, 11) is 2.60. The van der Waals surface area contributed by atoms with E-state index in [-0.39, 0.29) is 28.8 Å². The summed E-state index contributed by atoms with van der Waals surface area (Å²) >= 11 is 0. The third-order valence-electron chi connectivity index (χ3n) is 4.67. The number of nitrogens with zero attached hydrogens (tertiary/aromatic N) is 2. The molecule has 0 aromatic heterocycles. The molecule has 8 heteroatoms. The lowest BCUT2D eigenvalue weighted by atomic mass is 10.1. The molecule has 2 aromatic rings. The Morgan fingerprint density at radius 1 is 0.966 bits per heavy atom. The van der Waals surface area contributed by atoms with Gasteiger partial charge in [-0.3, -0.25) is 9.59 Å². The van der Waals surface area contributed by atoms with Gasteiger partial charge in [-0.2, -0.15) is 0 Å². The Morgan fingerprint density at radius 2 is 1.62 bits per heavy atom. The quantitative estimate of drug-likeness (QED) is 0.781. The van der Waals surface area contributed by atoms with Gasteiger partial charge in [-0.25, -0.2) is 12.7 Å². The van der Waals surface area contributed by atoms with Crippen LogP contribution in [0.15, 0.2) is 41.3 Å². The van der Waals surface area contributed by atoms with E-state index in [0.717, 1.165) is 15.4 Å². The van der Waals surface area contributed by atoms with Gasteiger partial charge in [-0.15, -0.1) is 0 Å². The molecule has 2 amide bonds. The number of benzene rings is 2. The van der Waals surface area contributed by atoms with Crippen LogP contribution in [0.4, 0.5) is 0 Å². The van der Waals surface area contributed by atoms with Gasteiger partial charge < -0.3 is 10.2 Å². The lowest BCUT2D eigenvalue weighted by molar-refractivity contribution is 0.0827. The highest BCUT2D eigenvalue weighted by atomic mass is 32.2. The second kappa shape index (κ2) is 8.75. The fraction of sp³-hybridized carbons (Fsp3) is 0.333. The first-order chi connectivity index (χ1) is 13.4. The third-order valence-corrected chi connectivity index (χ3v) is 6.61. The van der Waals surface area contributed by atoms with E-state index in [1.807, 2.05) is 6.07 Å². The smallest absolute Gasteiger partial charge is 0.253 e. The van der Waals surface area contributed by atoms with Crippen LogP contribution in [-0.4, -0.2) is 57.6 Å². The highest BCUT2D eigenvalue weighted by Gasteiger charge is 2.23. The van der Waals surface area contributed by atoms with Crippen molar-refractivity contribution < 1.29 is 18.0 Å². The zero-order valence-electron chi connectivity index (χ0n) is 17.6. The second-order valence-electron chi connectivity index (χ2n) is 7.29. The molecule has 0 bridgehead atoms. The molecule has 0 radical (unpaired) electrons. The van der Waals surface area contributed by atoms with Crippen LogP contribution in [0.3, 0.4) is 0 Å². The first-order valence-corrected chi connectivity index (χ1v) is 10.5. The number of carbonyl (C=O) groups excluding carboxylic acids is 2. The van der Waals surface area contributed by atoms with E-state index in [1.165, 1.54) is 25.1 Å². The molecule has 0 unspecified atom stereocenters. The molecule has 156 valence electrons. The van der Waals surface area contributed by atoms with E-state index in [9.17, 15) is 18.0 Å². The van der Waals surface area contributed by atoms with Crippen molar-refractivity contribution in [1.82, 2.24) is 14.5 Å². The van der Waals surface area contributed by atoms with Crippen molar-refractivity contribution in [2.45, 2.75) is 25.3 Å². The number of nitrogens with one attached hydrogen (secondary N) is 1. The summed E-state index contributed by atoms with van der Waals surface area (Å²) in [6.07, 6.45) is 0. The number of carbonyl (C=O) groups is 2. The van der Waals surface area contributed by atoms with Crippen molar-refractivity contribution in [2.75, 3.05) is 28.2 Å². The van der Waals surface area contributed by atoms with Gasteiger partial charge in [-0.05, 0) is 54.8 Å². The molecule has 0 aliphatic heterocycles. The molecule has 0 aliphatic rings. The molecule has 2 rings (SSSR count). The van der Waals surface area contributed by atoms with Gasteiger partial charge in [-0.1, -0.05) is 12.1 Å². The molecule has 0 heterocycles. The van der Waals surface area contributed by atoms with Crippen LogP contribution in [0.25, 0.3) is 0 Å². The maximum atomic E-state index is 12.7. The Kier molecular flexibility index (Phi) is 6.81. The third kappa shape index (κ3) is 5.02. The molecule has 0 aliphatic carbocycles. The average Bonchev–Trinajstić information content (AvgIpc) is 2.67. The number of hydrogen-bond acceptors (Lipinski definition) is 4.